The Labute approximate surface area is 151 Å². The average Bonchev–Trinajstić information content (AvgIpc) is 3.22. The lowest BCUT2D eigenvalue weighted by Gasteiger charge is -2.14. The van der Waals surface area contributed by atoms with Gasteiger partial charge in [-0.25, -0.2) is 4.39 Å². The average molecular weight is 377 g/mol. The van der Waals surface area contributed by atoms with Gasteiger partial charge in [-0.3, -0.25) is 4.79 Å². The summed E-state index contributed by atoms with van der Waals surface area (Å²) in [6.07, 6.45) is 2.03. The number of pyridine rings is 1. The number of rotatable bonds is 4. The number of anilines is 2. The molecule has 8 heteroatoms. The van der Waals surface area contributed by atoms with Gasteiger partial charge in [0.05, 0.1) is 21.0 Å². The van der Waals surface area contributed by atoms with Crippen molar-refractivity contribution in [2.75, 3.05) is 22.7 Å². The zero-order valence-electron chi connectivity index (χ0n) is 13.2. The van der Waals surface area contributed by atoms with E-state index in [1.165, 1.54) is 30.3 Å². The number of aromatic amines is 1. The van der Waals surface area contributed by atoms with Crippen LogP contribution in [0.2, 0.25) is 0 Å². The summed E-state index contributed by atoms with van der Waals surface area (Å²) < 4.78 is 18.2. The fourth-order valence-electron chi connectivity index (χ4n) is 2.87. The molecule has 1 fully saturated rings. The molecule has 0 bridgehead atoms. The number of β-amino-alcohol motifs (C(OH)–C–C–N with tert-alkyl or cyclic N) is 1. The van der Waals surface area contributed by atoms with Crippen LogP contribution in [0.5, 0.6) is 0 Å². The van der Waals surface area contributed by atoms with Gasteiger partial charge in [-0.1, -0.05) is 0 Å². The number of aliphatic hydroxyl groups excluding tert-OH is 1. The van der Waals surface area contributed by atoms with Gasteiger partial charge in [0, 0.05) is 24.7 Å². The molecule has 0 spiro atoms. The van der Waals surface area contributed by atoms with Crippen molar-refractivity contribution in [3.8, 4) is 0 Å². The first-order valence-corrected chi connectivity index (χ1v) is 9.50. The summed E-state index contributed by atoms with van der Waals surface area (Å²) in [5.41, 5.74) is 0.0392. The van der Waals surface area contributed by atoms with E-state index >= 15 is 0 Å². The van der Waals surface area contributed by atoms with E-state index in [1.807, 2.05) is 12.1 Å². The molecular formula is C17H16FN3O2S2. The highest BCUT2D eigenvalue weighted by Crippen LogP contribution is 2.35. The maximum absolute atomic E-state index is 14.2. The predicted molar refractivity (Wildman–Crippen MR) is 101 cm³/mol. The first-order chi connectivity index (χ1) is 12.1. The topological polar surface area (TPSA) is 68.4 Å². The molecule has 1 aromatic carbocycles. The van der Waals surface area contributed by atoms with Crippen LogP contribution >= 0.6 is 23.3 Å². The molecule has 0 radical (unpaired) electrons. The summed E-state index contributed by atoms with van der Waals surface area (Å²) in [5.74, 6) is -0.398. The maximum atomic E-state index is 14.2. The van der Waals surface area contributed by atoms with Crippen LogP contribution in [0.15, 0.2) is 45.5 Å². The molecule has 0 aliphatic carbocycles. The van der Waals surface area contributed by atoms with Crippen LogP contribution in [-0.4, -0.2) is 29.3 Å². The molecule has 3 aromatic rings. The van der Waals surface area contributed by atoms with Gasteiger partial charge in [0.15, 0.2) is 0 Å². The molecule has 3 N–H and O–H groups in total. The van der Waals surface area contributed by atoms with Gasteiger partial charge in [0.25, 0.3) is 5.56 Å². The van der Waals surface area contributed by atoms with Crippen molar-refractivity contribution in [2.45, 2.75) is 16.7 Å². The van der Waals surface area contributed by atoms with Gasteiger partial charge in [0.2, 0.25) is 0 Å². The van der Waals surface area contributed by atoms with Crippen LogP contribution < -0.4 is 15.2 Å². The standard InChI is InChI=1S/C17H16FN3O2S2/c18-13-7-10-3-5-19-17(23)12(10)8-14(13)20-25-16-2-1-15(24-16)21-6-4-11(22)9-21/h1-3,5,7-8,11,20,22H,4,6,9H2,(H,19,23). The zero-order valence-corrected chi connectivity index (χ0v) is 14.8. The van der Waals surface area contributed by atoms with Crippen molar-refractivity contribution in [2.24, 2.45) is 0 Å². The van der Waals surface area contributed by atoms with Crippen LogP contribution in [0.4, 0.5) is 15.1 Å². The van der Waals surface area contributed by atoms with Gasteiger partial charge < -0.3 is 19.7 Å². The Hall–Kier alpha value is -2.03. The number of thiophene rings is 1. The third-order valence-electron chi connectivity index (χ3n) is 4.16. The summed E-state index contributed by atoms with van der Waals surface area (Å²) in [7, 11) is 0. The highest BCUT2D eigenvalue weighted by molar-refractivity contribution is 8.02. The Morgan fingerprint density at radius 3 is 3.04 bits per heavy atom. The van der Waals surface area contributed by atoms with E-state index in [4.69, 9.17) is 0 Å². The highest BCUT2D eigenvalue weighted by Gasteiger charge is 2.21. The lowest BCUT2D eigenvalue weighted by Crippen LogP contribution is -2.19. The van der Waals surface area contributed by atoms with Crippen molar-refractivity contribution >= 4 is 44.7 Å². The molecule has 4 rings (SSSR count). The van der Waals surface area contributed by atoms with Crippen LogP contribution in [0, 0.1) is 5.82 Å². The summed E-state index contributed by atoms with van der Waals surface area (Å²) >= 11 is 2.90. The van der Waals surface area contributed by atoms with E-state index in [1.54, 1.807) is 17.4 Å². The second-order valence-electron chi connectivity index (χ2n) is 5.91. The first kappa shape index (κ1) is 16.4. The highest BCUT2D eigenvalue weighted by atomic mass is 32.2. The molecule has 1 saturated heterocycles. The molecule has 0 saturated carbocycles. The van der Waals surface area contributed by atoms with Crippen molar-refractivity contribution in [3.05, 3.63) is 52.7 Å². The molecule has 3 heterocycles. The number of fused-ring (bicyclic) bond motifs is 1. The quantitative estimate of drug-likeness (QED) is 0.608. The van der Waals surface area contributed by atoms with Crippen LogP contribution in [0.25, 0.3) is 10.8 Å². The fraction of sp³-hybridized carbons (Fsp3) is 0.235. The molecule has 0 amide bonds. The second-order valence-corrected chi connectivity index (χ2v) is 8.08. The monoisotopic (exact) mass is 377 g/mol. The van der Waals surface area contributed by atoms with Gasteiger partial charge in [-0.2, -0.15) is 0 Å². The number of nitrogens with one attached hydrogen (secondary N) is 2. The van der Waals surface area contributed by atoms with Crippen LogP contribution in [0.3, 0.4) is 0 Å². The van der Waals surface area contributed by atoms with Crippen molar-refractivity contribution in [1.29, 1.82) is 0 Å². The molecule has 2 aromatic heterocycles. The normalized spacial score (nSPS) is 17.4. The van der Waals surface area contributed by atoms with E-state index < -0.39 is 5.82 Å². The maximum Gasteiger partial charge on any atom is 0.255 e. The summed E-state index contributed by atoms with van der Waals surface area (Å²) in [4.78, 5) is 16.6. The summed E-state index contributed by atoms with van der Waals surface area (Å²) in [5, 5.41) is 11.7. The minimum absolute atomic E-state index is 0.239. The number of aromatic nitrogens is 1. The minimum Gasteiger partial charge on any atom is -0.391 e. The Kier molecular flexibility index (Phi) is 4.41. The molecule has 130 valence electrons. The van der Waals surface area contributed by atoms with Gasteiger partial charge >= 0.3 is 0 Å². The van der Waals surface area contributed by atoms with Crippen molar-refractivity contribution in [1.82, 2.24) is 4.98 Å². The van der Waals surface area contributed by atoms with Gasteiger partial charge in [-0.15, -0.1) is 11.3 Å². The van der Waals surface area contributed by atoms with Crippen LogP contribution in [0.1, 0.15) is 6.42 Å². The number of hydrogen-bond acceptors (Lipinski definition) is 6. The Balaban J connectivity index is 1.51. The lowest BCUT2D eigenvalue weighted by atomic mass is 10.1. The molecular weight excluding hydrogens is 361 g/mol. The third-order valence-corrected chi connectivity index (χ3v) is 6.26. The summed E-state index contributed by atoms with van der Waals surface area (Å²) in [6, 6.07) is 8.54. The van der Waals surface area contributed by atoms with Crippen molar-refractivity contribution in [3.63, 3.8) is 0 Å². The smallest absolute Gasteiger partial charge is 0.255 e. The number of hydrogen-bond donors (Lipinski definition) is 3. The third kappa shape index (κ3) is 3.37. The SMILES string of the molecule is O=c1[nH]ccc2cc(F)c(NSc3ccc(N4CCC(O)C4)s3)cc12. The van der Waals surface area contributed by atoms with E-state index in [-0.39, 0.29) is 17.4 Å². The van der Waals surface area contributed by atoms with E-state index in [9.17, 15) is 14.3 Å². The molecule has 25 heavy (non-hydrogen) atoms. The minimum atomic E-state index is -0.398. The Morgan fingerprint density at radius 2 is 2.24 bits per heavy atom. The molecule has 1 atom stereocenters. The number of benzene rings is 1. The molecule has 1 aliphatic heterocycles. The molecule has 5 nitrogen and oxygen atoms in total. The van der Waals surface area contributed by atoms with Gasteiger partial charge in [0.1, 0.15) is 5.82 Å². The fourth-order valence-corrected chi connectivity index (χ4v) is 4.69. The summed E-state index contributed by atoms with van der Waals surface area (Å²) in [6.45, 7) is 1.50. The Bertz CT molecular complexity index is 972. The van der Waals surface area contributed by atoms with Gasteiger partial charge in [-0.05, 0) is 54.1 Å². The zero-order chi connectivity index (χ0) is 17.4. The van der Waals surface area contributed by atoms with E-state index in [0.29, 0.717) is 17.3 Å². The lowest BCUT2D eigenvalue weighted by molar-refractivity contribution is 0.198. The second kappa shape index (κ2) is 6.70. The largest absolute Gasteiger partial charge is 0.391 e. The first-order valence-electron chi connectivity index (χ1n) is 7.87. The van der Waals surface area contributed by atoms with Crippen molar-refractivity contribution < 1.29 is 9.50 Å². The van der Waals surface area contributed by atoms with E-state index in [2.05, 4.69) is 14.6 Å². The number of aliphatic hydroxyl groups is 1. The number of nitrogens with zero attached hydrogens (tertiary/aromatic N) is 1. The predicted octanol–water partition coefficient (Wildman–Crippen LogP) is 3.42. The molecule has 1 aliphatic rings. The number of H-pyrrole nitrogens is 1. The molecule has 1 unspecified atom stereocenters. The Morgan fingerprint density at radius 1 is 1.36 bits per heavy atom. The van der Waals surface area contributed by atoms with Crippen LogP contribution in [-0.2, 0) is 0 Å². The van der Waals surface area contributed by atoms with E-state index in [0.717, 1.165) is 22.2 Å². The number of halogens is 1.